The van der Waals surface area contributed by atoms with Gasteiger partial charge in [0.15, 0.2) is 11.5 Å². The van der Waals surface area contributed by atoms with Crippen molar-refractivity contribution in [2.45, 2.75) is 13.8 Å². The number of methoxy groups -OCH3 is 2. The Bertz CT molecular complexity index is 576. The summed E-state index contributed by atoms with van der Waals surface area (Å²) in [5, 5.41) is 0. The zero-order chi connectivity index (χ0) is 13.8. The van der Waals surface area contributed by atoms with E-state index in [9.17, 15) is 0 Å². The topological polar surface area (TPSA) is 27.7 Å². The van der Waals surface area contributed by atoms with E-state index in [2.05, 4.69) is 13.8 Å². The van der Waals surface area contributed by atoms with E-state index in [1.54, 1.807) is 14.2 Å². The van der Waals surface area contributed by atoms with Gasteiger partial charge in [0, 0.05) is 6.07 Å². The van der Waals surface area contributed by atoms with Gasteiger partial charge in [-0.3, -0.25) is 0 Å². The van der Waals surface area contributed by atoms with E-state index in [-0.39, 0.29) is 0 Å². The average molecular weight is 258 g/mol. The molecule has 0 atom stereocenters. The molecule has 0 saturated carbocycles. The van der Waals surface area contributed by atoms with Crippen LogP contribution in [0.3, 0.4) is 0 Å². The number of benzene rings is 2. The van der Waals surface area contributed by atoms with Crippen molar-refractivity contribution in [2.24, 2.45) is 0 Å². The predicted octanol–water partition coefficient (Wildman–Crippen LogP) is 4.11. The summed E-state index contributed by atoms with van der Waals surface area (Å²) in [7, 11) is 3.22. The fourth-order valence-corrected chi connectivity index (χ4v) is 1.79. The molecule has 100 valence electrons. The van der Waals surface area contributed by atoms with Gasteiger partial charge in [-0.2, -0.15) is 0 Å². The summed E-state index contributed by atoms with van der Waals surface area (Å²) < 4.78 is 16.3. The van der Waals surface area contributed by atoms with Gasteiger partial charge in [0.25, 0.3) is 0 Å². The summed E-state index contributed by atoms with van der Waals surface area (Å²) in [4.78, 5) is 0. The molecule has 0 amide bonds. The molecular weight excluding hydrogens is 240 g/mol. The Morgan fingerprint density at radius 1 is 0.684 bits per heavy atom. The van der Waals surface area contributed by atoms with Crippen molar-refractivity contribution in [1.82, 2.24) is 0 Å². The minimum Gasteiger partial charge on any atom is -0.493 e. The van der Waals surface area contributed by atoms with Crippen LogP contribution >= 0.6 is 0 Å². The maximum absolute atomic E-state index is 5.82. The van der Waals surface area contributed by atoms with E-state index >= 15 is 0 Å². The molecule has 0 heterocycles. The normalized spacial score (nSPS) is 10.1. The number of aryl methyl sites for hydroxylation is 2. The Balaban J connectivity index is 2.25. The molecule has 19 heavy (non-hydrogen) atoms. The molecule has 0 saturated heterocycles. The Morgan fingerprint density at radius 3 is 1.95 bits per heavy atom. The Kier molecular flexibility index (Phi) is 3.95. The molecule has 0 aliphatic heterocycles. The number of rotatable bonds is 4. The monoisotopic (exact) mass is 258 g/mol. The molecule has 0 bridgehead atoms. The second kappa shape index (κ2) is 5.65. The third-order valence-electron chi connectivity index (χ3n) is 3.07. The van der Waals surface area contributed by atoms with Crippen LogP contribution in [-0.2, 0) is 0 Å². The lowest BCUT2D eigenvalue weighted by Gasteiger charge is -2.11. The summed E-state index contributed by atoms with van der Waals surface area (Å²) in [6.07, 6.45) is 0. The van der Waals surface area contributed by atoms with Crippen molar-refractivity contribution in [3.63, 3.8) is 0 Å². The van der Waals surface area contributed by atoms with Crippen LogP contribution in [0, 0.1) is 13.8 Å². The third-order valence-corrected chi connectivity index (χ3v) is 3.07. The molecule has 3 nitrogen and oxygen atoms in total. The summed E-state index contributed by atoms with van der Waals surface area (Å²) in [6.45, 7) is 4.15. The van der Waals surface area contributed by atoms with Gasteiger partial charge in [-0.25, -0.2) is 0 Å². The second-order valence-corrected chi connectivity index (χ2v) is 4.36. The first-order valence-electron chi connectivity index (χ1n) is 6.11. The van der Waals surface area contributed by atoms with Crippen LogP contribution in [0.5, 0.6) is 23.0 Å². The van der Waals surface area contributed by atoms with E-state index in [0.29, 0.717) is 11.5 Å². The van der Waals surface area contributed by atoms with Gasteiger partial charge >= 0.3 is 0 Å². The summed E-state index contributed by atoms with van der Waals surface area (Å²) in [5.41, 5.74) is 2.46. The number of hydrogen-bond acceptors (Lipinski definition) is 3. The molecule has 0 radical (unpaired) electrons. The van der Waals surface area contributed by atoms with E-state index in [0.717, 1.165) is 11.5 Å². The zero-order valence-corrected chi connectivity index (χ0v) is 11.7. The first kappa shape index (κ1) is 13.3. The van der Waals surface area contributed by atoms with E-state index < -0.39 is 0 Å². The first-order valence-corrected chi connectivity index (χ1v) is 6.11. The standard InChI is InChI=1S/C16H18O3/c1-11-5-6-13(9-12(11)2)19-14-7-8-15(17-3)16(10-14)18-4/h5-10H,1-4H3. The third kappa shape index (κ3) is 2.99. The lowest BCUT2D eigenvalue weighted by molar-refractivity contribution is 0.352. The largest absolute Gasteiger partial charge is 0.493 e. The maximum atomic E-state index is 5.82. The Morgan fingerprint density at radius 2 is 1.32 bits per heavy atom. The van der Waals surface area contributed by atoms with E-state index in [1.807, 2.05) is 36.4 Å². The van der Waals surface area contributed by atoms with Gasteiger partial charge in [0.2, 0.25) is 0 Å². The Hall–Kier alpha value is -2.16. The molecule has 2 aromatic carbocycles. The molecule has 2 rings (SSSR count). The van der Waals surface area contributed by atoms with Gasteiger partial charge in [-0.15, -0.1) is 0 Å². The summed E-state index contributed by atoms with van der Waals surface area (Å²) in [5.74, 6) is 2.88. The molecule has 3 heteroatoms. The molecule has 0 aromatic heterocycles. The molecule has 0 aliphatic rings. The van der Waals surface area contributed by atoms with Gasteiger partial charge in [-0.05, 0) is 49.2 Å². The molecular formula is C16H18O3. The van der Waals surface area contributed by atoms with Crippen LogP contribution in [0.4, 0.5) is 0 Å². The maximum Gasteiger partial charge on any atom is 0.164 e. The Labute approximate surface area is 113 Å². The number of hydrogen-bond donors (Lipinski definition) is 0. The van der Waals surface area contributed by atoms with Crippen molar-refractivity contribution < 1.29 is 14.2 Å². The van der Waals surface area contributed by atoms with Gasteiger partial charge < -0.3 is 14.2 Å². The average Bonchev–Trinajstić information content (AvgIpc) is 2.43. The highest BCUT2D eigenvalue weighted by Crippen LogP contribution is 2.33. The highest BCUT2D eigenvalue weighted by atomic mass is 16.5. The molecule has 2 aromatic rings. The van der Waals surface area contributed by atoms with E-state index in [1.165, 1.54) is 11.1 Å². The predicted molar refractivity (Wildman–Crippen MR) is 75.5 cm³/mol. The smallest absolute Gasteiger partial charge is 0.164 e. The summed E-state index contributed by atoms with van der Waals surface area (Å²) in [6, 6.07) is 11.5. The van der Waals surface area contributed by atoms with Crippen molar-refractivity contribution in [3.8, 4) is 23.0 Å². The van der Waals surface area contributed by atoms with Crippen LogP contribution in [0.25, 0.3) is 0 Å². The van der Waals surface area contributed by atoms with Crippen molar-refractivity contribution in [1.29, 1.82) is 0 Å². The van der Waals surface area contributed by atoms with Crippen molar-refractivity contribution >= 4 is 0 Å². The second-order valence-electron chi connectivity index (χ2n) is 4.36. The lowest BCUT2D eigenvalue weighted by atomic mass is 10.1. The van der Waals surface area contributed by atoms with E-state index in [4.69, 9.17) is 14.2 Å². The van der Waals surface area contributed by atoms with Crippen LogP contribution < -0.4 is 14.2 Å². The lowest BCUT2D eigenvalue weighted by Crippen LogP contribution is -1.92. The minimum absolute atomic E-state index is 0.656. The molecule has 0 unspecified atom stereocenters. The van der Waals surface area contributed by atoms with Crippen LogP contribution in [0.1, 0.15) is 11.1 Å². The number of ether oxygens (including phenoxy) is 3. The highest BCUT2D eigenvalue weighted by Gasteiger charge is 2.06. The van der Waals surface area contributed by atoms with Crippen molar-refractivity contribution in [3.05, 3.63) is 47.5 Å². The van der Waals surface area contributed by atoms with Gasteiger partial charge in [0.1, 0.15) is 11.5 Å². The van der Waals surface area contributed by atoms with Gasteiger partial charge in [-0.1, -0.05) is 6.07 Å². The highest BCUT2D eigenvalue weighted by molar-refractivity contribution is 5.47. The van der Waals surface area contributed by atoms with Gasteiger partial charge in [0.05, 0.1) is 14.2 Å². The quantitative estimate of drug-likeness (QED) is 0.825. The van der Waals surface area contributed by atoms with Crippen LogP contribution in [0.15, 0.2) is 36.4 Å². The fraction of sp³-hybridized carbons (Fsp3) is 0.250. The molecule has 0 fully saturated rings. The zero-order valence-electron chi connectivity index (χ0n) is 11.7. The van der Waals surface area contributed by atoms with Crippen LogP contribution in [0.2, 0.25) is 0 Å². The molecule has 0 aliphatic carbocycles. The fourth-order valence-electron chi connectivity index (χ4n) is 1.79. The SMILES string of the molecule is COc1ccc(Oc2ccc(C)c(C)c2)cc1OC. The van der Waals surface area contributed by atoms with Crippen molar-refractivity contribution in [2.75, 3.05) is 14.2 Å². The minimum atomic E-state index is 0.656. The summed E-state index contributed by atoms with van der Waals surface area (Å²) >= 11 is 0. The molecule has 0 spiro atoms. The first-order chi connectivity index (χ1) is 9.13. The van der Waals surface area contributed by atoms with Crippen LogP contribution in [-0.4, -0.2) is 14.2 Å². The molecule has 0 N–H and O–H groups in total.